The fourth-order valence-corrected chi connectivity index (χ4v) is 4.46. The van der Waals surface area contributed by atoms with Crippen LogP contribution in [0.15, 0.2) is 61.1 Å². The number of aromatic nitrogens is 2. The summed E-state index contributed by atoms with van der Waals surface area (Å²) in [5.74, 6) is -3.18. The zero-order valence-corrected chi connectivity index (χ0v) is 24.1. The van der Waals surface area contributed by atoms with Gasteiger partial charge in [-0.05, 0) is 67.6 Å². The number of nitrogens with two attached hydrogens (primary N) is 2. The van der Waals surface area contributed by atoms with Gasteiger partial charge < -0.3 is 47.7 Å². The van der Waals surface area contributed by atoms with Crippen molar-refractivity contribution in [1.82, 2.24) is 25.9 Å². The van der Waals surface area contributed by atoms with Crippen molar-refractivity contribution in [2.45, 2.75) is 62.7 Å². The lowest BCUT2D eigenvalue weighted by Crippen LogP contribution is -2.58. The molecule has 0 saturated carbocycles. The highest BCUT2D eigenvalue weighted by Crippen LogP contribution is 2.14. The van der Waals surface area contributed by atoms with E-state index < -0.39 is 47.9 Å². The Labute approximate surface area is 254 Å². The molecule has 0 bridgehead atoms. The van der Waals surface area contributed by atoms with E-state index in [0.29, 0.717) is 36.2 Å². The van der Waals surface area contributed by atoms with E-state index in [1.807, 2.05) is 0 Å². The maximum Gasteiger partial charge on any atom is 0.326 e. The van der Waals surface area contributed by atoms with Crippen LogP contribution in [0, 0.1) is 0 Å². The van der Waals surface area contributed by atoms with E-state index in [9.17, 15) is 34.5 Å². The number of hydrogen-bond acceptors (Lipinski definition) is 9. The first-order valence-corrected chi connectivity index (χ1v) is 14.2. The van der Waals surface area contributed by atoms with Crippen molar-refractivity contribution in [3.8, 4) is 11.5 Å². The molecule has 0 aliphatic carbocycles. The molecule has 3 amide bonds. The van der Waals surface area contributed by atoms with Gasteiger partial charge in [-0.15, -0.1) is 0 Å². The Balaban J connectivity index is 1.77. The molecule has 0 radical (unpaired) electrons. The first kappa shape index (κ1) is 33.6. The molecular formula is C30H39N7O7. The molecule has 14 heteroatoms. The van der Waals surface area contributed by atoms with Gasteiger partial charge in [0.2, 0.25) is 17.7 Å². The molecule has 11 N–H and O–H groups in total. The molecule has 0 aliphatic heterocycles. The smallest absolute Gasteiger partial charge is 0.326 e. The fraction of sp³-hybridized carbons (Fsp3) is 0.367. The number of carbonyl (C=O) groups excluding carboxylic acids is 3. The van der Waals surface area contributed by atoms with Crippen LogP contribution in [0.5, 0.6) is 11.5 Å². The summed E-state index contributed by atoms with van der Waals surface area (Å²) in [6, 6.07) is 7.67. The Morgan fingerprint density at radius 1 is 0.750 bits per heavy atom. The number of H-pyrrole nitrogens is 1. The molecule has 3 aromatic rings. The molecule has 0 saturated heterocycles. The maximum absolute atomic E-state index is 13.6. The van der Waals surface area contributed by atoms with Crippen molar-refractivity contribution in [1.29, 1.82) is 0 Å². The quantitative estimate of drug-likeness (QED) is 0.0915. The van der Waals surface area contributed by atoms with Crippen LogP contribution in [0.1, 0.15) is 36.1 Å². The van der Waals surface area contributed by atoms with E-state index in [2.05, 4.69) is 25.9 Å². The number of imidazole rings is 1. The molecule has 236 valence electrons. The van der Waals surface area contributed by atoms with E-state index in [1.54, 1.807) is 24.3 Å². The summed E-state index contributed by atoms with van der Waals surface area (Å²) < 4.78 is 0. The second-order valence-electron chi connectivity index (χ2n) is 10.4. The highest BCUT2D eigenvalue weighted by molar-refractivity contribution is 5.94. The van der Waals surface area contributed by atoms with Crippen molar-refractivity contribution < 1.29 is 34.5 Å². The number of nitrogens with one attached hydrogen (secondary N) is 4. The molecular weight excluding hydrogens is 570 g/mol. The molecule has 0 fully saturated rings. The number of aliphatic carboxylic acids is 1. The number of aromatic hydroxyl groups is 2. The standard InChI is InChI=1S/C30H39N7O7/c31-12-2-1-3-24(28(41)37-26(30(43)44)15-20-16-33-17-34-20)35-29(42)25(14-19-6-10-22(39)11-7-19)36-27(40)23(32)13-18-4-8-21(38)9-5-18/h4-11,16-17,23-26,38-39H,1-3,12-15,31-32H2,(H,33,34)(H,35,42)(H,36,40)(H,37,41)(H,43,44). The number of aromatic amines is 1. The summed E-state index contributed by atoms with van der Waals surface area (Å²) in [5, 5.41) is 36.7. The van der Waals surface area contributed by atoms with Crippen LogP contribution >= 0.6 is 0 Å². The van der Waals surface area contributed by atoms with Gasteiger partial charge in [0.15, 0.2) is 0 Å². The fourth-order valence-electron chi connectivity index (χ4n) is 4.46. The number of benzene rings is 2. The van der Waals surface area contributed by atoms with Crippen LogP contribution in [0.4, 0.5) is 0 Å². The number of phenolic OH excluding ortho intramolecular Hbond substituents is 2. The van der Waals surface area contributed by atoms with Gasteiger partial charge in [-0.2, -0.15) is 0 Å². The topological polar surface area (TPSA) is 246 Å². The zero-order valence-electron chi connectivity index (χ0n) is 24.1. The predicted molar refractivity (Wildman–Crippen MR) is 160 cm³/mol. The number of amides is 3. The van der Waals surface area contributed by atoms with Crippen LogP contribution in [0.3, 0.4) is 0 Å². The molecule has 1 heterocycles. The van der Waals surface area contributed by atoms with E-state index in [1.165, 1.54) is 36.8 Å². The van der Waals surface area contributed by atoms with Crippen molar-refractivity contribution >= 4 is 23.7 Å². The van der Waals surface area contributed by atoms with Crippen LogP contribution in [-0.2, 0) is 38.4 Å². The number of rotatable bonds is 17. The van der Waals surface area contributed by atoms with Gasteiger partial charge in [-0.3, -0.25) is 14.4 Å². The van der Waals surface area contributed by atoms with E-state index in [4.69, 9.17) is 11.5 Å². The van der Waals surface area contributed by atoms with Gasteiger partial charge in [0.25, 0.3) is 0 Å². The average Bonchev–Trinajstić information content (AvgIpc) is 3.51. The Bertz CT molecular complexity index is 1370. The van der Waals surface area contributed by atoms with Gasteiger partial charge in [0.1, 0.15) is 29.6 Å². The van der Waals surface area contributed by atoms with Crippen molar-refractivity contribution in [3.63, 3.8) is 0 Å². The summed E-state index contributed by atoms with van der Waals surface area (Å²) in [7, 11) is 0. The van der Waals surface area contributed by atoms with Crippen molar-refractivity contribution in [3.05, 3.63) is 77.9 Å². The number of carbonyl (C=O) groups is 4. The average molecular weight is 610 g/mol. The summed E-state index contributed by atoms with van der Waals surface area (Å²) in [6.45, 7) is 0.359. The lowest BCUT2D eigenvalue weighted by molar-refractivity contribution is -0.142. The normalized spacial score (nSPS) is 13.7. The summed E-state index contributed by atoms with van der Waals surface area (Å²) in [5.41, 5.74) is 13.6. The monoisotopic (exact) mass is 609 g/mol. The Hall–Kier alpha value is -4.95. The Morgan fingerprint density at radius 3 is 1.84 bits per heavy atom. The molecule has 4 atom stereocenters. The summed E-state index contributed by atoms with van der Waals surface area (Å²) >= 11 is 0. The van der Waals surface area contributed by atoms with Crippen LogP contribution in [0.2, 0.25) is 0 Å². The van der Waals surface area contributed by atoms with E-state index in [0.717, 1.165) is 0 Å². The molecule has 0 aliphatic rings. The largest absolute Gasteiger partial charge is 0.508 e. The van der Waals surface area contributed by atoms with Gasteiger partial charge in [-0.1, -0.05) is 24.3 Å². The van der Waals surface area contributed by atoms with Crippen LogP contribution in [0.25, 0.3) is 0 Å². The summed E-state index contributed by atoms with van der Waals surface area (Å²) in [4.78, 5) is 58.6. The number of nitrogens with zero attached hydrogens (tertiary/aromatic N) is 1. The molecule has 14 nitrogen and oxygen atoms in total. The molecule has 3 rings (SSSR count). The highest BCUT2D eigenvalue weighted by atomic mass is 16.4. The summed E-state index contributed by atoms with van der Waals surface area (Å²) in [6.07, 6.45) is 4.15. The predicted octanol–water partition coefficient (Wildman–Crippen LogP) is -0.156. The second kappa shape index (κ2) is 16.6. The number of carboxylic acid groups (broad SMARTS) is 1. The molecule has 2 aromatic carbocycles. The number of hydrogen-bond donors (Lipinski definition) is 9. The van der Waals surface area contributed by atoms with E-state index in [-0.39, 0.29) is 37.2 Å². The highest BCUT2D eigenvalue weighted by Gasteiger charge is 2.30. The van der Waals surface area contributed by atoms with Crippen LogP contribution < -0.4 is 27.4 Å². The van der Waals surface area contributed by atoms with Gasteiger partial charge in [0, 0.05) is 24.7 Å². The van der Waals surface area contributed by atoms with E-state index >= 15 is 0 Å². The second-order valence-corrected chi connectivity index (χ2v) is 10.4. The van der Waals surface area contributed by atoms with Crippen molar-refractivity contribution in [2.24, 2.45) is 11.5 Å². The first-order chi connectivity index (χ1) is 21.0. The number of phenols is 2. The van der Waals surface area contributed by atoms with Crippen LogP contribution in [-0.4, -0.2) is 79.7 Å². The molecule has 4 unspecified atom stereocenters. The SMILES string of the molecule is NCCCCC(NC(=O)C(Cc1ccc(O)cc1)NC(=O)C(N)Cc1ccc(O)cc1)C(=O)NC(Cc1cnc[nH]1)C(=O)O. The third kappa shape index (κ3) is 10.7. The molecule has 0 spiro atoms. The van der Waals surface area contributed by atoms with Gasteiger partial charge in [-0.25, -0.2) is 9.78 Å². The Kier molecular flexibility index (Phi) is 12.7. The molecule has 44 heavy (non-hydrogen) atoms. The minimum Gasteiger partial charge on any atom is -0.508 e. The minimum absolute atomic E-state index is 0.0124. The van der Waals surface area contributed by atoms with Gasteiger partial charge in [0.05, 0.1) is 12.4 Å². The zero-order chi connectivity index (χ0) is 32.1. The van der Waals surface area contributed by atoms with Gasteiger partial charge >= 0.3 is 5.97 Å². The Morgan fingerprint density at radius 2 is 1.30 bits per heavy atom. The third-order valence-corrected chi connectivity index (χ3v) is 6.91. The minimum atomic E-state index is -1.29. The first-order valence-electron chi connectivity index (χ1n) is 14.2. The number of carboxylic acids is 1. The molecule has 1 aromatic heterocycles. The number of unbranched alkanes of at least 4 members (excludes halogenated alkanes) is 1. The lowest BCUT2D eigenvalue weighted by atomic mass is 10.0. The third-order valence-electron chi connectivity index (χ3n) is 6.91. The maximum atomic E-state index is 13.6. The lowest BCUT2D eigenvalue weighted by Gasteiger charge is -2.25. The van der Waals surface area contributed by atoms with Crippen molar-refractivity contribution in [2.75, 3.05) is 6.54 Å².